The van der Waals surface area contributed by atoms with E-state index in [0.717, 1.165) is 11.3 Å². The molecule has 0 aliphatic rings. The molecule has 6 nitrogen and oxygen atoms in total. The van der Waals surface area contributed by atoms with Gasteiger partial charge in [-0.05, 0) is 72.2 Å². The summed E-state index contributed by atoms with van der Waals surface area (Å²) in [4.78, 5) is 14.3. The molecule has 0 bridgehead atoms. The lowest BCUT2D eigenvalue weighted by atomic mass is 10.2. The lowest BCUT2D eigenvalue weighted by Crippen LogP contribution is -2.12. The lowest BCUT2D eigenvalue weighted by molar-refractivity contribution is 0.102. The minimum atomic E-state index is -0.286. The molecule has 0 fully saturated rings. The van der Waals surface area contributed by atoms with Crippen molar-refractivity contribution in [2.24, 2.45) is 0 Å². The molecule has 0 radical (unpaired) electrons. The van der Waals surface area contributed by atoms with Gasteiger partial charge in [-0.1, -0.05) is 29.3 Å². The number of carbonyl (C=O) groups is 1. The van der Waals surface area contributed by atoms with E-state index in [0.29, 0.717) is 44.1 Å². The molecule has 0 aliphatic carbocycles. The van der Waals surface area contributed by atoms with E-state index in [1.54, 1.807) is 35.1 Å². The number of aromatic nitrogens is 3. The van der Waals surface area contributed by atoms with Gasteiger partial charge in [0.1, 0.15) is 16.8 Å². The normalized spacial score (nSPS) is 10.9. The van der Waals surface area contributed by atoms with Gasteiger partial charge >= 0.3 is 0 Å². The standard InChI is InChI=1S/C22H18BrClN4O2/c1-3-30-21-9-6-14(10-16(21)23)22(29)25-18-12-20-19(11-17(18)24)26-28(27-20)15-7-4-13(2)5-8-15/h4-12H,3H2,1-2H3,(H,25,29). The quantitative estimate of drug-likeness (QED) is 0.388. The molecule has 30 heavy (non-hydrogen) atoms. The molecule has 1 N–H and O–H groups in total. The van der Waals surface area contributed by atoms with Crippen LogP contribution in [-0.4, -0.2) is 27.5 Å². The number of fused-ring (bicyclic) bond motifs is 1. The highest BCUT2D eigenvalue weighted by Crippen LogP contribution is 2.29. The Balaban J connectivity index is 1.61. The lowest BCUT2D eigenvalue weighted by Gasteiger charge is -2.09. The summed E-state index contributed by atoms with van der Waals surface area (Å²) in [5.41, 5.74) is 4.22. The van der Waals surface area contributed by atoms with Crippen molar-refractivity contribution in [2.45, 2.75) is 13.8 Å². The summed E-state index contributed by atoms with van der Waals surface area (Å²) in [7, 11) is 0. The minimum absolute atomic E-state index is 0.286. The Morgan fingerprint density at radius 3 is 2.47 bits per heavy atom. The first-order chi connectivity index (χ1) is 14.4. The van der Waals surface area contributed by atoms with Crippen molar-refractivity contribution >= 4 is 50.2 Å². The van der Waals surface area contributed by atoms with Crippen LogP contribution in [0.25, 0.3) is 16.7 Å². The number of ether oxygens (including phenoxy) is 1. The van der Waals surface area contributed by atoms with Crippen molar-refractivity contribution < 1.29 is 9.53 Å². The van der Waals surface area contributed by atoms with Crippen LogP contribution in [0.1, 0.15) is 22.8 Å². The highest BCUT2D eigenvalue weighted by atomic mass is 79.9. The summed E-state index contributed by atoms with van der Waals surface area (Å²) in [5.74, 6) is 0.396. The number of aryl methyl sites for hydroxylation is 1. The van der Waals surface area contributed by atoms with E-state index in [2.05, 4.69) is 31.4 Å². The van der Waals surface area contributed by atoms with Crippen molar-refractivity contribution in [1.29, 1.82) is 0 Å². The molecule has 1 aromatic heterocycles. The van der Waals surface area contributed by atoms with Crippen molar-refractivity contribution in [1.82, 2.24) is 15.0 Å². The van der Waals surface area contributed by atoms with Crippen LogP contribution in [0, 0.1) is 6.92 Å². The molecule has 152 valence electrons. The number of halogens is 2. The predicted molar refractivity (Wildman–Crippen MR) is 122 cm³/mol. The number of hydrogen-bond donors (Lipinski definition) is 1. The number of rotatable bonds is 5. The monoisotopic (exact) mass is 484 g/mol. The molecule has 0 saturated heterocycles. The molecule has 0 saturated carbocycles. The number of nitrogens with zero attached hydrogens (tertiary/aromatic N) is 3. The molecule has 3 aromatic carbocycles. The molecule has 0 spiro atoms. The number of benzene rings is 3. The van der Waals surface area contributed by atoms with Gasteiger partial charge in [-0.25, -0.2) is 0 Å². The third-order valence-electron chi connectivity index (χ3n) is 4.48. The zero-order valence-corrected chi connectivity index (χ0v) is 18.7. The van der Waals surface area contributed by atoms with E-state index in [1.807, 2.05) is 38.1 Å². The van der Waals surface area contributed by atoms with Crippen LogP contribution in [-0.2, 0) is 0 Å². The van der Waals surface area contributed by atoms with Crippen molar-refractivity contribution in [3.63, 3.8) is 0 Å². The average Bonchev–Trinajstić information content (AvgIpc) is 3.13. The van der Waals surface area contributed by atoms with Gasteiger partial charge in [-0.2, -0.15) is 4.80 Å². The third kappa shape index (κ3) is 4.17. The minimum Gasteiger partial charge on any atom is -0.493 e. The summed E-state index contributed by atoms with van der Waals surface area (Å²) < 4.78 is 6.19. The first-order valence-corrected chi connectivity index (χ1v) is 10.5. The molecule has 0 aliphatic heterocycles. The number of nitrogens with one attached hydrogen (secondary N) is 1. The van der Waals surface area contributed by atoms with Gasteiger partial charge < -0.3 is 10.1 Å². The van der Waals surface area contributed by atoms with Crippen LogP contribution in [0.3, 0.4) is 0 Å². The van der Waals surface area contributed by atoms with Crippen molar-refractivity contribution in [3.8, 4) is 11.4 Å². The second-order valence-electron chi connectivity index (χ2n) is 6.68. The van der Waals surface area contributed by atoms with Crippen LogP contribution in [0.5, 0.6) is 5.75 Å². The fourth-order valence-electron chi connectivity index (χ4n) is 2.94. The Morgan fingerprint density at radius 2 is 1.80 bits per heavy atom. The van der Waals surface area contributed by atoms with E-state index in [4.69, 9.17) is 16.3 Å². The predicted octanol–water partition coefficient (Wildman–Crippen LogP) is 5.80. The largest absolute Gasteiger partial charge is 0.493 e. The first kappa shape index (κ1) is 20.4. The Kier molecular flexibility index (Phi) is 5.74. The van der Waals surface area contributed by atoms with E-state index in [1.165, 1.54) is 0 Å². The highest BCUT2D eigenvalue weighted by Gasteiger charge is 2.14. The molecule has 0 unspecified atom stereocenters. The van der Waals surface area contributed by atoms with E-state index in [9.17, 15) is 4.79 Å². The second-order valence-corrected chi connectivity index (χ2v) is 7.94. The number of amides is 1. The van der Waals surface area contributed by atoms with Gasteiger partial charge in [0.2, 0.25) is 0 Å². The Bertz CT molecular complexity index is 1240. The second kappa shape index (κ2) is 8.45. The van der Waals surface area contributed by atoms with Crippen LogP contribution < -0.4 is 10.1 Å². The zero-order chi connectivity index (χ0) is 21.3. The number of anilines is 1. The molecule has 4 aromatic rings. The molecule has 0 atom stereocenters. The fourth-order valence-corrected chi connectivity index (χ4v) is 3.63. The summed E-state index contributed by atoms with van der Waals surface area (Å²) in [6.07, 6.45) is 0. The van der Waals surface area contributed by atoms with Crippen LogP contribution in [0.2, 0.25) is 5.02 Å². The summed E-state index contributed by atoms with van der Waals surface area (Å²) in [6, 6.07) is 16.5. The van der Waals surface area contributed by atoms with Gasteiger partial charge in [-0.3, -0.25) is 4.79 Å². The highest BCUT2D eigenvalue weighted by molar-refractivity contribution is 9.10. The molecule has 4 rings (SSSR count). The summed E-state index contributed by atoms with van der Waals surface area (Å²) in [6.45, 7) is 4.47. The van der Waals surface area contributed by atoms with Gasteiger partial charge in [0.25, 0.3) is 5.91 Å². The Labute approximate surface area is 186 Å². The smallest absolute Gasteiger partial charge is 0.255 e. The third-order valence-corrected chi connectivity index (χ3v) is 5.41. The van der Waals surface area contributed by atoms with Crippen molar-refractivity contribution in [3.05, 3.63) is 75.2 Å². The van der Waals surface area contributed by atoms with Crippen LogP contribution >= 0.6 is 27.5 Å². The number of hydrogen-bond acceptors (Lipinski definition) is 4. The zero-order valence-electron chi connectivity index (χ0n) is 16.3. The first-order valence-electron chi connectivity index (χ1n) is 9.32. The van der Waals surface area contributed by atoms with Crippen LogP contribution in [0.4, 0.5) is 5.69 Å². The van der Waals surface area contributed by atoms with Crippen molar-refractivity contribution in [2.75, 3.05) is 11.9 Å². The summed E-state index contributed by atoms with van der Waals surface area (Å²) in [5, 5.41) is 12.2. The summed E-state index contributed by atoms with van der Waals surface area (Å²) >= 11 is 9.81. The maximum absolute atomic E-state index is 12.7. The van der Waals surface area contributed by atoms with Gasteiger partial charge in [0.15, 0.2) is 0 Å². The molecular formula is C22H18BrClN4O2. The van der Waals surface area contributed by atoms with E-state index >= 15 is 0 Å². The SMILES string of the molecule is CCOc1ccc(C(=O)Nc2cc3nn(-c4ccc(C)cc4)nc3cc2Cl)cc1Br. The molecule has 1 amide bonds. The number of carbonyl (C=O) groups excluding carboxylic acids is 1. The van der Waals surface area contributed by atoms with Crippen LogP contribution in [0.15, 0.2) is 59.1 Å². The average molecular weight is 486 g/mol. The molecular weight excluding hydrogens is 468 g/mol. The van der Waals surface area contributed by atoms with Gasteiger partial charge in [-0.15, -0.1) is 10.2 Å². The van der Waals surface area contributed by atoms with E-state index in [-0.39, 0.29) is 5.91 Å². The maximum Gasteiger partial charge on any atom is 0.255 e. The fraction of sp³-hybridized carbons (Fsp3) is 0.136. The molecule has 8 heteroatoms. The maximum atomic E-state index is 12.7. The molecule has 1 heterocycles. The Morgan fingerprint density at radius 1 is 1.10 bits per heavy atom. The van der Waals surface area contributed by atoms with Gasteiger partial charge in [0, 0.05) is 5.56 Å². The van der Waals surface area contributed by atoms with Gasteiger partial charge in [0.05, 0.1) is 27.5 Å². The van der Waals surface area contributed by atoms with E-state index < -0.39 is 0 Å². The topological polar surface area (TPSA) is 69.0 Å². The Hall–Kier alpha value is -2.90.